The molecular formula is C19H20N2O5S. The second-order valence-electron chi connectivity index (χ2n) is 6.31. The molecule has 7 nitrogen and oxygen atoms in total. The summed E-state index contributed by atoms with van der Waals surface area (Å²) in [6, 6.07) is 8.73. The molecule has 142 valence electrons. The Hall–Kier alpha value is -2.87. The zero-order valence-electron chi connectivity index (χ0n) is 14.8. The van der Waals surface area contributed by atoms with E-state index < -0.39 is 15.7 Å². The van der Waals surface area contributed by atoms with E-state index in [4.69, 9.17) is 0 Å². The predicted octanol–water partition coefficient (Wildman–Crippen LogP) is 2.71. The molecule has 1 aliphatic rings. The molecule has 0 unspecified atom stereocenters. The van der Waals surface area contributed by atoms with E-state index in [0.717, 1.165) is 5.56 Å². The Morgan fingerprint density at radius 1 is 1.19 bits per heavy atom. The van der Waals surface area contributed by atoms with E-state index in [2.05, 4.69) is 10.6 Å². The number of benzene rings is 2. The van der Waals surface area contributed by atoms with E-state index in [1.165, 1.54) is 25.1 Å². The number of hydrogen-bond acceptors (Lipinski definition) is 5. The summed E-state index contributed by atoms with van der Waals surface area (Å²) in [6.45, 7) is 1.52. The lowest BCUT2D eigenvalue weighted by Gasteiger charge is -2.12. The summed E-state index contributed by atoms with van der Waals surface area (Å²) >= 11 is 0. The average molecular weight is 388 g/mol. The maximum Gasteiger partial charge on any atom is 0.255 e. The van der Waals surface area contributed by atoms with E-state index in [9.17, 15) is 23.1 Å². The van der Waals surface area contributed by atoms with Gasteiger partial charge in [-0.15, -0.1) is 0 Å². The highest BCUT2D eigenvalue weighted by molar-refractivity contribution is 7.91. The summed E-state index contributed by atoms with van der Waals surface area (Å²) in [5, 5.41) is 15.3. The van der Waals surface area contributed by atoms with Gasteiger partial charge in [0.05, 0.1) is 16.3 Å². The number of fused-ring (bicyclic) bond motifs is 1. The van der Waals surface area contributed by atoms with Gasteiger partial charge in [0.15, 0.2) is 9.84 Å². The van der Waals surface area contributed by atoms with Crippen LogP contribution in [0.2, 0.25) is 0 Å². The van der Waals surface area contributed by atoms with Crippen LogP contribution in [0.4, 0.5) is 11.4 Å². The Balaban J connectivity index is 1.87. The number of anilines is 2. The lowest BCUT2D eigenvalue weighted by Crippen LogP contribution is -2.14. The number of hydrogen-bond donors (Lipinski definition) is 3. The molecule has 0 saturated carbocycles. The van der Waals surface area contributed by atoms with Crippen LogP contribution in [0.15, 0.2) is 41.3 Å². The van der Waals surface area contributed by atoms with Crippen molar-refractivity contribution in [3.8, 4) is 5.75 Å². The third-order valence-electron chi connectivity index (χ3n) is 4.45. The van der Waals surface area contributed by atoms with Crippen molar-refractivity contribution < 1.29 is 23.1 Å². The number of phenolic OH excluding ortho intramolecular Hbond substituents is 1. The second kappa shape index (κ2) is 7.40. The van der Waals surface area contributed by atoms with Crippen LogP contribution >= 0.6 is 0 Å². The van der Waals surface area contributed by atoms with E-state index in [0.29, 0.717) is 30.5 Å². The fourth-order valence-electron chi connectivity index (χ4n) is 2.89. The molecule has 0 saturated heterocycles. The number of sulfone groups is 1. The summed E-state index contributed by atoms with van der Waals surface area (Å²) in [5.74, 6) is -0.832. The van der Waals surface area contributed by atoms with Gasteiger partial charge >= 0.3 is 0 Å². The Labute approximate surface area is 157 Å². The van der Waals surface area contributed by atoms with Crippen LogP contribution in [0, 0.1) is 0 Å². The smallest absolute Gasteiger partial charge is 0.255 e. The van der Waals surface area contributed by atoms with Crippen molar-refractivity contribution in [3.63, 3.8) is 0 Å². The summed E-state index contributed by atoms with van der Waals surface area (Å²) in [5.41, 5.74) is 1.93. The fraction of sp³-hybridized carbons (Fsp3) is 0.263. The molecule has 2 amide bonds. The number of amides is 2. The van der Waals surface area contributed by atoms with Gasteiger partial charge in [-0.3, -0.25) is 9.59 Å². The highest BCUT2D eigenvalue weighted by atomic mass is 32.2. The standard InChI is InChI=1S/C19H20N2O5S/c1-2-27(25,26)14-7-9-17(22)16(11-14)21-19(24)13-6-8-15-12(10-13)4-3-5-18(23)20-15/h6-11,22H,2-5H2,1H3,(H,20,23)(H,21,24). The van der Waals surface area contributed by atoms with Gasteiger partial charge in [0.1, 0.15) is 5.75 Å². The van der Waals surface area contributed by atoms with Gasteiger partial charge in [-0.25, -0.2) is 8.42 Å². The van der Waals surface area contributed by atoms with Gasteiger partial charge < -0.3 is 15.7 Å². The molecule has 1 heterocycles. The zero-order chi connectivity index (χ0) is 19.6. The average Bonchev–Trinajstić information content (AvgIpc) is 2.83. The largest absolute Gasteiger partial charge is 0.506 e. The Bertz CT molecular complexity index is 1010. The van der Waals surface area contributed by atoms with Gasteiger partial charge in [-0.1, -0.05) is 6.92 Å². The van der Waals surface area contributed by atoms with Crippen molar-refractivity contribution in [2.45, 2.75) is 31.1 Å². The molecule has 0 aromatic heterocycles. The molecule has 27 heavy (non-hydrogen) atoms. The molecule has 0 bridgehead atoms. The number of aromatic hydroxyl groups is 1. The first-order valence-corrected chi connectivity index (χ1v) is 10.3. The van der Waals surface area contributed by atoms with Crippen molar-refractivity contribution in [1.29, 1.82) is 0 Å². The van der Waals surface area contributed by atoms with Crippen LogP contribution < -0.4 is 10.6 Å². The topological polar surface area (TPSA) is 113 Å². The van der Waals surface area contributed by atoms with Crippen LogP contribution in [0.25, 0.3) is 0 Å². The molecule has 2 aromatic rings. The van der Waals surface area contributed by atoms with E-state index in [1.807, 2.05) is 0 Å². The van der Waals surface area contributed by atoms with Crippen molar-refractivity contribution in [2.75, 3.05) is 16.4 Å². The van der Waals surface area contributed by atoms with Crippen LogP contribution in [0.3, 0.4) is 0 Å². The number of rotatable bonds is 4. The summed E-state index contributed by atoms with van der Waals surface area (Å²) in [7, 11) is -3.46. The van der Waals surface area contributed by atoms with Crippen LogP contribution in [-0.4, -0.2) is 31.1 Å². The van der Waals surface area contributed by atoms with E-state index in [-0.39, 0.29) is 28.0 Å². The lowest BCUT2D eigenvalue weighted by atomic mass is 10.0. The molecule has 8 heteroatoms. The maximum atomic E-state index is 12.6. The summed E-state index contributed by atoms with van der Waals surface area (Å²) in [6.07, 6.45) is 1.80. The van der Waals surface area contributed by atoms with E-state index in [1.54, 1.807) is 18.2 Å². The quantitative estimate of drug-likeness (QED) is 0.697. The molecule has 0 radical (unpaired) electrons. The number of phenols is 1. The zero-order valence-corrected chi connectivity index (χ0v) is 15.6. The first-order chi connectivity index (χ1) is 12.8. The number of nitrogens with one attached hydrogen (secondary N) is 2. The third-order valence-corrected chi connectivity index (χ3v) is 6.18. The van der Waals surface area contributed by atoms with Gasteiger partial charge in [0.25, 0.3) is 5.91 Å². The SMILES string of the molecule is CCS(=O)(=O)c1ccc(O)c(NC(=O)c2ccc3c(c2)CCCC(=O)N3)c1. The highest BCUT2D eigenvalue weighted by Crippen LogP contribution is 2.28. The number of carbonyl (C=O) groups is 2. The highest BCUT2D eigenvalue weighted by Gasteiger charge is 2.18. The first kappa shape index (κ1) is 18.9. The number of aryl methyl sites for hydroxylation is 1. The predicted molar refractivity (Wildman–Crippen MR) is 102 cm³/mol. The molecular weight excluding hydrogens is 368 g/mol. The maximum absolute atomic E-state index is 12.6. The minimum absolute atomic E-state index is 0.0257. The van der Waals surface area contributed by atoms with Gasteiger partial charge in [-0.2, -0.15) is 0 Å². The van der Waals surface area contributed by atoms with Crippen LogP contribution in [0.5, 0.6) is 5.75 Å². The molecule has 1 aliphatic heterocycles. The molecule has 0 fully saturated rings. The van der Waals surface area contributed by atoms with Gasteiger partial charge in [-0.05, 0) is 54.8 Å². The molecule has 3 N–H and O–H groups in total. The normalized spacial score (nSPS) is 14.0. The minimum Gasteiger partial charge on any atom is -0.506 e. The molecule has 2 aromatic carbocycles. The van der Waals surface area contributed by atoms with Crippen molar-refractivity contribution in [3.05, 3.63) is 47.5 Å². The second-order valence-corrected chi connectivity index (χ2v) is 8.59. The Morgan fingerprint density at radius 2 is 1.96 bits per heavy atom. The lowest BCUT2D eigenvalue weighted by molar-refractivity contribution is -0.116. The first-order valence-electron chi connectivity index (χ1n) is 8.60. The van der Waals surface area contributed by atoms with Crippen LogP contribution in [0.1, 0.15) is 35.7 Å². The van der Waals surface area contributed by atoms with Crippen molar-refractivity contribution in [1.82, 2.24) is 0 Å². The van der Waals surface area contributed by atoms with Gasteiger partial charge in [0, 0.05) is 17.7 Å². The van der Waals surface area contributed by atoms with Gasteiger partial charge in [0.2, 0.25) is 5.91 Å². The third kappa shape index (κ3) is 4.11. The van der Waals surface area contributed by atoms with E-state index >= 15 is 0 Å². The molecule has 0 atom stereocenters. The summed E-state index contributed by atoms with van der Waals surface area (Å²) < 4.78 is 24.0. The Kier molecular flexibility index (Phi) is 5.18. The van der Waals surface area contributed by atoms with Crippen LogP contribution in [-0.2, 0) is 21.1 Å². The Morgan fingerprint density at radius 3 is 2.70 bits per heavy atom. The summed E-state index contributed by atoms with van der Waals surface area (Å²) in [4.78, 5) is 24.2. The van der Waals surface area contributed by atoms with Crippen molar-refractivity contribution >= 4 is 33.0 Å². The fourth-order valence-corrected chi connectivity index (χ4v) is 3.79. The molecule has 0 aliphatic carbocycles. The number of carbonyl (C=O) groups excluding carboxylic acids is 2. The molecule has 0 spiro atoms. The van der Waals surface area contributed by atoms with Crippen molar-refractivity contribution in [2.24, 2.45) is 0 Å². The minimum atomic E-state index is -3.46. The molecule has 3 rings (SSSR count). The monoisotopic (exact) mass is 388 g/mol.